The summed E-state index contributed by atoms with van der Waals surface area (Å²) >= 11 is 0. The molecule has 1 aromatic carbocycles. The van der Waals surface area contributed by atoms with E-state index >= 15 is 0 Å². The number of fused-ring (bicyclic) bond motifs is 1. The van der Waals surface area contributed by atoms with Gasteiger partial charge in [0.15, 0.2) is 11.6 Å². The van der Waals surface area contributed by atoms with Crippen LogP contribution in [0.15, 0.2) is 36.5 Å². The molecule has 10 heteroatoms. The first-order chi connectivity index (χ1) is 16.8. The van der Waals surface area contributed by atoms with Gasteiger partial charge in [0.25, 0.3) is 5.91 Å². The highest BCUT2D eigenvalue weighted by atomic mass is 19.1. The van der Waals surface area contributed by atoms with Gasteiger partial charge in [-0.1, -0.05) is 6.07 Å². The zero-order valence-electron chi connectivity index (χ0n) is 19.9. The van der Waals surface area contributed by atoms with Gasteiger partial charge >= 0.3 is 0 Å². The Morgan fingerprint density at radius 2 is 2.00 bits per heavy atom. The summed E-state index contributed by atoms with van der Waals surface area (Å²) in [6.45, 7) is 7.34. The van der Waals surface area contributed by atoms with Gasteiger partial charge in [0.05, 0.1) is 17.2 Å². The highest BCUT2D eigenvalue weighted by Crippen LogP contribution is 2.27. The average molecular weight is 475 g/mol. The lowest BCUT2D eigenvalue weighted by atomic mass is 9.91. The summed E-state index contributed by atoms with van der Waals surface area (Å²) in [5.74, 6) is -0.850. The molecule has 4 rings (SSSR count). The van der Waals surface area contributed by atoms with E-state index in [2.05, 4.69) is 48.4 Å². The number of rotatable bonds is 7. The molecular formula is C25H27FN8O. The van der Waals surface area contributed by atoms with E-state index in [9.17, 15) is 14.4 Å². The second-order valence-electron chi connectivity index (χ2n) is 8.74. The highest BCUT2D eigenvalue weighted by Gasteiger charge is 2.24. The third-order valence-electron chi connectivity index (χ3n) is 5.72. The molecule has 1 aliphatic heterocycles. The molecule has 0 unspecified atom stereocenters. The van der Waals surface area contributed by atoms with Crippen molar-refractivity contribution in [3.63, 3.8) is 0 Å². The molecule has 0 radical (unpaired) electrons. The van der Waals surface area contributed by atoms with Crippen LogP contribution in [0, 0.1) is 17.1 Å². The first-order valence-electron chi connectivity index (χ1n) is 11.4. The first kappa shape index (κ1) is 24.0. The molecule has 1 amide bonds. The van der Waals surface area contributed by atoms with E-state index < -0.39 is 17.1 Å². The summed E-state index contributed by atoms with van der Waals surface area (Å²) in [7, 11) is 0. The minimum atomic E-state index is -0.924. The van der Waals surface area contributed by atoms with Gasteiger partial charge in [0, 0.05) is 25.0 Å². The van der Waals surface area contributed by atoms with Crippen molar-refractivity contribution in [1.82, 2.24) is 25.6 Å². The van der Waals surface area contributed by atoms with Crippen LogP contribution in [0.5, 0.6) is 0 Å². The molecule has 180 valence electrons. The second kappa shape index (κ2) is 10.0. The zero-order valence-corrected chi connectivity index (χ0v) is 19.9. The van der Waals surface area contributed by atoms with Crippen molar-refractivity contribution in [2.75, 3.05) is 23.7 Å². The van der Waals surface area contributed by atoms with Crippen molar-refractivity contribution < 1.29 is 9.18 Å². The number of hydrogen-bond donors (Lipinski definition) is 4. The Morgan fingerprint density at radius 3 is 2.77 bits per heavy atom. The van der Waals surface area contributed by atoms with Gasteiger partial charge in [-0.2, -0.15) is 10.2 Å². The van der Waals surface area contributed by atoms with Crippen LogP contribution in [0.1, 0.15) is 48.0 Å². The lowest BCUT2D eigenvalue weighted by Gasteiger charge is -2.19. The summed E-state index contributed by atoms with van der Waals surface area (Å²) in [6, 6.07) is 10.9. The third-order valence-corrected chi connectivity index (χ3v) is 5.72. The molecule has 2 aromatic heterocycles. The van der Waals surface area contributed by atoms with Gasteiger partial charge in [-0.05, 0) is 69.1 Å². The number of anilines is 4. The molecule has 1 aliphatic rings. The van der Waals surface area contributed by atoms with Crippen molar-refractivity contribution in [3.05, 3.63) is 64.7 Å². The lowest BCUT2D eigenvalue weighted by Crippen LogP contribution is -2.25. The van der Waals surface area contributed by atoms with Gasteiger partial charge in [-0.15, -0.1) is 0 Å². The van der Waals surface area contributed by atoms with E-state index in [0.29, 0.717) is 12.2 Å². The van der Waals surface area contributed by atoms with Crippen LogP contribution in [-0.2, 0) is 18.4 Å². The van der Waals surface area contributed by atoms with Gasteiger partial charge < -0.3 is 21.3 Å². The van der Waals surface area contributed by atoms with Crippen LogP contribution >= 0.6 is 0 Å². The largest absolute Gasteiger partial charge is 0.352 e. The summed E-state index contributed by atoms with van der Waals surface area (Å²) in [6.07, 6.45) is 2.31. The summed E-state index contributed by atoms with van der Waals surface area (Å²) in [5, 5.41) is 21.5. The number of benzene rings is 1. The van der Waals surface area contributed by atoms with Crippen molar-refractivity contribution in [1.29, 1.82) is 5.26 Å². The summed E-state index contributed by atoms with van der Waals surface area (Å²) in [4.78, 5) is 25.7. The summed E-state index contributed by atoms with van der Waals surface area (Å²) in [5.41, 5.74) is 2.91. The Labute approximate surface area is 203 Å². The number of nitrogens with zero attached hydrogens (tertiary/aromatic N) is 4. The van der Waals surface area contributed by atoms with Crippen LogP contribution in [0.25, 0.3) is 0 Å². The molecule has 0 fully saturated rings. The predicted molar refractivity (Wildman–Crippen MR) is 131 cm³/mol. The monoisotopic (exact) mass is 474 g/mol. The van der Waals surface area contributed by atoms with Gasteiger partial charge in [0.2, 0.25) is 5.95 Å². The fourth-order valence-corrected chi connectivity index (χ4v) is 3.69. The number of nitriles is 1. The van der Waals surface area contributed by atoms with Gasteiger partial charge in [-0.25, -0.2) is 14.4 Å². The number of carbonyl (C=O) groups excluding carboxylic acids is 1. The Kier molecular flexibility index (Phi) is 6.89. The smallest absolute Gasteiger partial charge is 0.256 e. The van der Waals surface area contributed by atoms with Crippen LogP contribution in [0.4, 0.5) is 27.7 Å². The maximum absolute atomic E-state index is 14.7. The number of nitrogens with one attached hydrogen (secondary N) is 4. The molecule has 3 heterocycles. The van der Waals surface area contributed by atoms with Crippen LogP contribution < -0.4 is 21.3 Å². The minimum Gasteiger partial charge on any atom is -0.352 e. The average Bonchev–Trinajstić information content (AvgIpc) is 2.85. The molecule has 9 nitrogen and oxygen atoms in total. The van der Waals surface area contributed by atoms with Crippen molar-refractivity contribution in [2.24, 2.45) is 0 Å². The number of hydrogen-bond acceptors (Lipinski definition) is 8. The van der Waals surface area contributed by atoms with E-state index in [1.807, 2.05) is 12.1 Å². The summed E-state index contributed by atoms with van der Waals surface area (Å²) < 4.78 is 14.7. The fourth-order valence-electron chi connectivity index (χ4n) is 3.69. The Morgan fingerprint density at radius 1 is 1.17 bits per heavy atom. The molecular weight excluding hydrogens is 447 g/mol. The SMILES string of the molecule is CCNC(=O)c1cnc(Nc2ccc3c(c2)CCNC3)nc1Nc1nc(C(C)(C)C#N)ccc1F. The standard InChI is InChI=1S/C25H27FN8O/c1-4-29-23(35)18-13-30-24(31-17-6-5-16-12-28-10-9-15(16)11-17)34-21(18)33-22-19(26)7-8-20(32-22)25(2,3)14-27/h5-8,11,13,28H,4,9-10,12H2,1-3H3,(H,29,35)(H2,30,31,32,33,34). The quantitative estimate of drug-likeness (QED) is 0.408. The number of aromatic nitrogens is 3. The van der Waals surface area contributed by atoms with Crippen molar-refractivity contribution >= 4 is 29.2 Å². The second-order valence-corrected chi connectivity index (χ2v) is 8.74. The molecule has 0 aliphatic carbocycles. The van der Waals surface area contributed by atoms with Crippen molar-refractivity contribution in [3.8, 4) is 6.07 Å². The Bertz CT molecular complexity index is 1300. The van der Waals surface area contributed by atoms with E-state index in [1.54, 1.807) is 20.8 Å². The number of carbonyl (C=O) groups is 1. The van der Waals surface area contributed by atoms with E-state index in [0.717, 1.165) is 25.2 Å². The van der Waals surface area contributed by atoms with Crippen molar-refractivity contribution in [2.45, 2.75) is 39.2 Å². The van der Waals surface area contributed by atoms with Crippen LogP contribution in [-0.4, -0.2) is 33.9 Å². The third kappa shape index (κ3) is 5.36. The number of pyridine rings is 1. The maximum atomic E-state index is 14.7. The molecule has 0 atom stereocenters. The Hall–Kier alpha value is -4.10. The fraction of sp³-hybridized carbons (Fsp3) is 0.320. The molecule has 0 saturated heterocycles. The first-order valence-corrected chi connectivity index (χ1v) is 11.4. The van der Waals surface area contributed by atoms with Gasteiger partial charge in [0.1, 0.15) is 11.4 Å². The number of amides is 1. The van der Waals surface area contributed by atoms with Gasteiger partial charge in [-0.3, -0.25) is 4.79 Å². The molecule has 3 aromatic rings. The molecule has 35 heavy (non-hydrogen) atoms. The molecule has 0 bridgehead atoms. The van der Waals surface area contributed by atoms with E-state index in [4.69, 9.17) is 0 Å². The van der Waals surface area contributed by atoms with Crippen LogP contribution in [0.2, 0.25) is 0 Å². The zero-order chi connectivity index (χ0) is 25.0. The normalized spacial score (nSPS) is 12.9. The van der Waals surface area contributed by atoms with E-state index in [-0.39, 0.29) is 23.1 Å². The molecule has 0 saturated carbocycles. The maximum Gasteiger partial charge on any atom is 0.256 e. The molecule has 0 spiro atoms. The minimum absolute atomic E-state index is 0.0916. The Balaban J connectivity index is 1.68. The lowest BCUT2D eigenvalue weighted by molar-refractivity contribution is 0.0956. The van der Waals surface area contributed by atoms with E-state index in [1.165, 1.54) is 29.5 Å². The predicted octanol–water partition coefficient (Wildman–Crippen LogP) is 3.69. The molecule has 4 N–H and O–H groups in total. The topological polar surface area (TPSA) is 128 Å². The number of halogens is 1. The highest BCUT2D eigenvalue weighted by molar-refractivity contribution is 5.99. The van der Waals surface area contributed by atoms with Crippen LogP contribution in [0.3, 0.4) is 0 Å².